The minimum Gasteiger partial charge on any atom is -0.476 e. The van der Waals surface area contributed by atoms with Crippen molar-refractivity contribution in [2.24, 2.45) is 0 Å². The van der Waals surface area contributed by atoms with Crippen LogP contribution in [0.5, 0.6) is 0 Å². The highest BCUT2D eigenvalue weighted by Gasteiger charge is 2.17. The molecule has 1 amide bonds. The van der Waals surface area contributed by atoms with Crippen molar-refractivity contribution in [3.8, 4) is 0 Å². The molecule has 0 saturated carbocycles. The van der Waals surface area contributed by atoms with Gasteiger partial charge in [-0.05, 0) is 30.3 Å². The Morgan fingerprint density at radius 1 is 1.08 bits per heavy atom. The summed E-state index contributed by atoms with van der Waals surface area (Å²) in [5, 5.41) is 16.7. The van der Waals surface area contributed by atoms with Gasteiger partial charge in [0.2, 0.25) is 5.91 Å². The first kappa shape index (κ1) is 16.7. The number of fused-ring (bicyclic) bond motifs is 1. The molecule has 25 heavy (non-hydrogen) atoms. The van der Waals surface area contributed by atoms with Crippen LogP contribution in [-0.2, 0) is 11.3 Å². The number of rotatable bonds is 4. The van der Waals surface area contributed by atoms with E-state index >= 15 is 0 Å². The van der Waals surface area contributed by atoms with Crippen LogP contribution in [0.4, 0.5) is 5.69 Å². The maximum atomic E-state index is 12.4. The van der Waals surface area contributed by atoms with E-state index in [1.54, 1.807) is 36.4 Å². The van der Waals surface area contributed by atoms with Crippen LogP contribution in [-0.4, -0.2) is 26.8 Å². The molecule has 0 aliphatic rings. The lowest BCUT2D eigenvalue weighted by Gasteiger charge is -2.09. The Hall–Kier alpha value is -3.19. The molecule has 0 bridgehead atoms. The van der Waals surface area contributed by atoms with Gasteiger partial charge in [-0.1, -0.05) is 29.8 Å². The Morgan fingerprint density at radius 3 is 2.36 bits per heavy atom. The first-order valence-electron chi connectivity index (χ1n) is 7.24. The first-order valence-corrected chi connectivity index (χ1v) is 7.62. The molecule has 0 unspecified atom stereocenters. The van der Waals surface area contributed by atoms with Gasteiger partial charge in [0.1, 0.15) is 6.54 Å². The van der Waals surface area contributed by atoms with E-state index in [9.17, 15) is 19.5 Å². The predicted molar refractivity (Wildman–Crippen MR) is 93.0 cm³/mol. The van der Waals surface area contributed by atoms with Gasteiger partial charge in [0.25, 0.3) is 5.56 Å². The lowest BCUT2D eigenvalue weighted by molar-refractivity contribution is -0.117. The maximum absolute atomic E-state index is 12.4. The zero-order valence-electron chi connectivity index (χ0n) is 12.8. The van der Waals surface area contributed by atoms with E-state index in [0.717, 1.165) is 4.68 Å². The van der Waals surface area contributed by atoms with Crippen LogP contribution in [0.25, 0.3) is 10.8 Å². The fourth-order valence-electron chi connectivity index (χ4n) is 2.37. The summed E-state index contributed by atoms with van der Waals surface area (Å²) >= 11 is 5.78. The van der Waals surface area contributed by atoms with Crippen molar-refractivity contribution >= 4 is 39.9 Å². The van der Waals surface area contributed by atoms with Gasteiger partial charge in [-0.3, -0.25) is 9.59 Å². The number of nitrogens with one attached hydrogen (secondary N) is 1. The van der Waals surface area contributed by atoms with Crippen LogP contribution < -0.4 is 10.9 Å². The van der Waals surface area contributed by atoms with Gasteiger partial charge in [0.05, 0.1) is 5.39 Å². The summed E-state index contributed by atoms with van der Waals surface area (Å²) in [6.07, 6.45) is 0. The molecule has 3 rings (SSSR count). The number of hydrogen-bond donors (Lipinski definition) is 2. The minimum atomic E-state index is -1.27. The molecule has 2 aromatic carbocycles. The number of anilines is 1. The van der Waals surface area contributed by atoms with Crippen molar-refractivity contribution in [2.45, 2.75) is 6.54 Å². The Bertz CT molecular complexity index is 1030. The monoisotopic (exact) mass is 357 g/mol. The Labute approximate surface area is 146 Å². The topological polar surface area (TPSA) is 101 Å². The number of aromatic carboxylic acids is 1. The van der Waals surface area contributed by atoms with Gasteiger partial charge in [-0.15, -0.1) is 0 Å². The van der Waals surface area contributed by atoms with Gasteiger partial charge in [-0.2, -0.15) is 5.10 Å². The fraction of sp³-hybridized carbons (Fsp3) is 0.0588. The van der Waals surface area contributed by atoms with Crippen LogP contribution >= 0.6 is 11.6 Å². The van der Waals surface area contributed by atoms with Gasteiger partial charge < -0.3 is 10.4 Å². The highest BCUT2D eigenvalue weighted by atomic mass is 35.5. The third-order valence-corrected chi connectivity index (χ3v) is 3.74. The van der Waals surface area contributed by atoms with Crippen molar-refractivity contribution in [1.82, 2.24) is 9.78 Å². The molecule has 0 atom stereocenters. The Morgan fingerprint density at radius 2 is 1.72 bits per heavy atom. The molecule has 0 fully saturated rings. The second kappa shape index (κ2) is 6.74. The summed E-state index contributed by atoms with van der Waals surface area (Å²) in [5.41, 5.74) is -0.317. The predicted octanol–water partition coefficient (Wildman–Crippen LogP) is 2.39. The van der Waals surface area contributed by atoms with Gasteiger partial charge in [0, 0.05) is 16.1 Å². The molecule has 2 N–H and O–H groups in total. The molecular formula is C17H12ClN3O4. The molecule has 0 aliphatic carbocycles. The smallest absolute Gasteiger partial charge is 0.357 e. The number of carbonyl (C=O) groups excluding carboxylic acids is 1. The lowest BCUT2D eigenvalue weighted by Crippen LogP contribution is -2.31. The van der Waals surface area contributed by atoms with Crippen molar-refractivity contribution in [1.29, 1.82) is 0 Å². The number of carboxylic acids is 1. The molecule has 3 aromatic rings. The molecule has 1 heterocycles. The normalized spacial score (nSPS) is 10.6. The van der Waals surface area contributed by atoms with Crippen LogP contribution in [0, 0.1) is 0 Å². The maximum Gasteiger partial charge on any atom is 0.357 e. The van der Waals surface area contributed by atoms with Crippen molar-refractivity contribution in [3.63, 3.8) is 0 Å². The van der Waals surface area contributed by atoms with Crippen LogP contribution in [0.3, 0.4) is 0 Å². The quantitative estimate of drug-likeness (QED) is 0.746. The molecule has 0 spiro atoms. The summed E-state index contributed by atoms with van der Waals surface area (Å²) < 4.78 is 0.844. The third-order valence-electron chi connectivity index (χ3n) is 3.49. The number of carbonyl (C=O) groups is 2. The average molecular weight is 358 g/mol. The number of hydrogen-bond acceptors (Lipinski definition) is 4. The number of amides is 1. The summed E-state index contributed by atoms with van der Waals surface area (Å²) in [6.45, 7) is -0.410. The van der Waals surface area contributed by atoms with E-state index in [-0.39, 0.29) is 16.5 Å². The second-order valence-electron chi connectivity index (χ2n) is 5.22. The molecule has 1 aromatic heterocycles. The van der Waals surface area contributed by atoms with Crippen molar-refractivity contribution in [2.75, 3.05) is 5.32 Å². The van der Waals surface area contributed by atoms with Gasteiger partial charge in [0.15, 0.2) is 5.69 Å². The number of aromatic nitrogens is 2. The molecule has 126 valence electrons. The SMILES string of the molecule is O=C(Cn1nc(C(=O)O)c2ccccc2c1=O)Nc1ccc(Cl)cc1. The molecule has 7 nitrogen and oxygen atoms in total. The molecule has 0 aliphatic heterocycles. The van der Waals surface area contributed by atoms with Crippen molar-refractivity contribution in [3.05, 3.63) is 69.6 Å². The van der Waals surface area contributed by atoms with E-state index in [1.165, 1.54) is 12.1 Å². The summed E-state index contributed by atoms with van der Waals surface area (Å²) in [5.74, 6) is -1.79. The van der Waals surface area contributed by atoms with Crippen LogP contribution in [0.2, 0.25) is 5.02 Å². The lowest BCUT2D eigenvalue weighted by atomic mass is 10.1. The zero-order chi connectivity index (χ0) is 18.0. The van der Waals surface area contributed by atoms with Crippen LogP contribution in [0.1, 0.15) is 10.5 Å². The molecule has 0 saturated heterocycles. The van der Waals surface area contributed by atoms with E-state index in [2.05, 4.69) is 10.4 Å². The molecule has 0 radical (unpaired) electrons. The second-order valence-corrected chi connectivity index (χ2v) is 5.65. The minimum absolute atomic E-state index is 0.189. The average Bonchev–Trinajstić information content (AvgIpc) is 2.59. The third kappa shape index (κ3) is 3.51. The highest BCUT2D eigenvalue weighted by molar-refractivity contribution is 6.30. The number of carboxylic acid groups (broad SMARTS) is 1. The largest absolute Gasteiger partial charge is 0.476 e. The van der Waals surface area contributed by atoms with Gasteiger partial charge >= 0.3 is 5.97 Å². The molecule has 8 heteroatoms. The summed E-state index contributed by atoms with van der Waals surface area (Å²) in [7, 11) is 0. The fourth-order valence-corrected chi connectivity index (χ4v) is 2.50. The van der Waals surface area contributed by atoms with E-state index in [1.807, 2.05) is 0 Å². The van der Waals surface area contributed by atoms with E-state index in [4.69, 9.17) is 11.6 Å². The highest BCUT2D eigenvalue weighted by Crippen LogP contribution is 2.14. The van der Waals surface area contributed by atoms with Crippen molar-refractivity contribution < 1.29 is 14.7 Å². The standard InChI is InChI=1S/C17H12ClN3O4/c18-10-5-7-11(8-6-10)19-14(22)9-21-16(23)13-4-2-1-3-12(13)15(20-21)17(24)25/h1-8H,9H2,(H,19,22)(H,24,25). The molecular weight excluding hydrogens is 346 g/mol. The summed E-state index contributed by atoms with van der Waals surface area (Å²) in [6, 6.07) is 12.7. The van der Waals surface area contributed by atoms with Gasteiger partial charge in [-0.25, -0.2) is 9.48 Å². The van der Waals surface area contributed by atoms with Crippen LogP contribution in [0.15, 0.2) is 53.3 Å². The summed E-state index contributed by atoms with van der Waals surface area (Å²) in [4.78, 5) is 36.0. The first-order chi connectivity index (χ1) is 12.0. The van der Waals surface area contributed by atoms with E-state index < -0.39 is 24.0 Å². The number of benzene rings is 2. The zero-order valence-corrected chi connectivity index (χ0v) is 13.5. The Kier molecular flexibility index (Phi) is 4.49. The number of nitrogens with zero attached hydrogens (tertiary/aromatic N) is 2. The number of halogens is 1. The Balaban J connectivity index is 1.94. The van der Waals surface area contributed by atoms with E-state index in [0.29, 0.717) is 10.7 Å².